The Morgan fingerprint density at radius 1 is 1.28 bits per heavy atom. The highest BCUT2D eigenvalue weighted by atomic mass is 16.4. The number of pyridine rings is 1. The number of rotatable bonds is 3. The van der Waals surface area contributed by atoms with Crippen molar-refractivity contribution in [3.8, 4) is 0 Å². The molecular weight excluding hydrogens is 238 g/mol. The van der Waals surface area contributed by atoms with Crippen molar-refractivity contribution in [2.24, 2.45) is 0 Å². The molecule has 0 radical (unpaired) electrons. The molecule has 7 heteroatoms. The fourth-order valence-corrected chi connectivity index (χ4v) is 1.43. The molecule has 0 atom stereocenters. The number of hydrogen-bond acceptors (Lipinski definition) is 4. The summed E-state index contributed by atoms with van der Waals surface area (Å²) in [4.78, 5) is 37.1. The van der Waals surface area contributed by atoms with Gasteiger partial charge in [-0.3, -0.25) is 14.7 Å². The summed E-state index contributed by atoms with van der Waals surface area (Å²) in [5, 5.41) is 11.1. The smallest absolute Gasteiger partial charge is 0.354 e. The lowest BCUT2D eigenvalue weighted by Gasteiger charge is -2.04. The molecule has 7 nitrogen and oxygen atoms in total. The van der Waals surface area contributed by atoms with Crippen LogP contribution in [0.1, 0.15) is 16.2 Å². The summed E-state index contributed by atoms with van der Waals surface area (Å²) in [5.74, 6) is -1.15. The van der Waals surface area contributed by atoms with Crippen LogP contribution in [0.2, 0.25) is 0 Å². The van der Waals surface area contributed by atoms with Crippen LogP contribution in [-0.4, -0.2) is 25.8 Å². The van der Waals surface area contributed by atoms with Gasteiger partial charge in [0.2, 0.25) is 0 Å². The summed E-state index contributed by atoms with van der Waals surface area (Å²) in [6.45, 7) is 0.00995. The number of H-pyrrole nitrogens is 1. The second kappa shape index (κ2) is 4.66. The van der Waals surface area contributed by atoms with Crippen LogP contribution in [-0.2, 0) is 6.54 Å². The van der Waals surface area contributed by atoms with Crippen molar-refractivity contribution in [2.75, 3.05) is 0 Å². The van der Waals surface area contributed by atoms with E-state index < -0.39 is 17.1 Å². The average Bonchev–Trinajstić information content (AvgIpc) is 2.34. The summed E-state index contributed by atoms with van der Waals surface area (Å²) in [7, 11) is 0. The van der Waals surface area contributed by atoms with Gasteiger partial charge >= 0.3 is 5.97 Å². The molecule has 2 rings (SSSR count). The fourth-order valence-electron chi connectivity index (χ4n) is 1.43. The van der Waals surface area contributed by atoms with E-state index in [9.17, 15) is 14.4 Å². The summed E-state index contributed by atoms with van der Waals surface area (Å²) >= 11 is 0. The number of nitrogens with one attached hydrogen (secondary N) is 1. The highest BCUT2D eigenvalue weighted by Gasteiger charge is 2.06. The van der Waals surface area contributed by atoms with Gasteiger partial charge in [0.1, 0.15) is 5.69 Å². The molecule has 2 aromatic heterocycles. The quantitative estimate of drug-likeness (QED) is 0.773. The first kappa shape index (κ1) is 11.8. The zero-order valence-corrected chi connectivity index (χ0v) is 9.16. The molecule has 0 aliphatic rings. The lowest BCUT2D eigenvalue weighted by molar-refractivity contribution is 0.0690. The molecule has 0 unspecified atom stereocenters. The molecule has 0 saturated carbocycles. The van der Waals surface area contributed by atoms with Crippen LogP contribution in [0.3, 0.4) is 0 Å². The van der Waals surface area contributed by atoms with Gasteiger partial charge in [0.25, 0.3) is 11.1 Å². The topological polar surface area (TPSA) is 105 Å². The normalized spacial score (nSPS) is 10.2. The first-order chi connectivity index (χ1) is 8.56. The largest absolute Gasteiger partial charge is 0.477 e. The van der Waals surface area contributed by atoms with Crippen molar-refractivity contribution in [1.29, 1.82) is 0 Å². The third-order valence-electron chi connectivity index (χ3n) is 2.23. The molecule has 18 heavy (non-hydrogen) atoms. The van der Waals surface area contributed by atoms with E-state index in [1.54, 1.807) is 6.07 Å². The predicted molar refractivity (Wildman–Crippen MR) is 61.6 cm³/mol. The molecule has 0 aromatic carbocycles. The van der Waals surface area contributed by atoms with Gasteiger partial charge < -0.3 is 5.11 Å². The first-order valence-electron chi connectivity index (χ1n) is 5.05. The number of hydrogen-bond donors (Lipinski definition) is 2. The Labute approximate surface area is 100 Å². The van der Waals surface area contributed by atoms with Crippen LogP contribution >= 0.6 is 0 Å². The second-order valence-electron chi connectivity index (χ2n) is 3.55. The number of carboxylic acids is 1. The van der Waals surface area contributed by atoms with Gasteiger partial charge in [0, 0.05) is 12.1 Å². The molecule has 92 valence electrons. The summed E-state index contributed by atoms with van der Waals surface area (Å²) < 4.78 is 1.07. The summed E-state index contributed by atoms with van der Waals surface area (Å²) in [5.41, 5.74) is -0.543. The molecule has 0 aliphatic heterocycles. The maximum atomic E-state index is 11.4. The lowest BCUT2D eigenvalue weighted by Crippen LogP contribution is -2.28. The average molecular weight is 247 g/mol. The van der Waals surface area contributed by atoms with Gasteiger partial charge in [0.15, 0.2) is 0 Å². The van der Waals surface area contributed by atoms with Crippen LogP contribution in [0.4, 0.5) is 0 Å². The SMILES string of the molecule is O=C(O)c1cccc(Cn2[nH]c(=O)ccc2=O)n1. The van der Waals surface area contributed by atoms with E-state index in [1.807, 2.05) is 0 Å². The molecule has 0 fully saturated rings. The zero-order valence-electron chi connectivity index (χ0n) is 9.16. The van der Waals surface area contributed by atoms with Crippen LogP contribution in [0.25, 0.3) is 0 Å². The molecule has 2 heterocycles. The Morgan fingerprint density at radius 2 is 2.06 bits per heavy atom. The Bertz CT molecular complexity index is 702. The van der Waals surface area contributed by atoms with Crippen LogP contribution in [0, 0.1) is 0 Å². The number of nitrogens with zero attached hydrogens (tertiary/aromatic N) is 2. The molecule has 0 spiro atoms. The maximum Gasteiger partial charge on any atom is 0.354 e. The van der Waals surface area contributed by atoms with Crippen molar-refractivity contribution >= 4 is 5.97 Å². The maximum absolute atomic E-state index is 11.4. The summed E-state index contributed by atoms with van der Waals surface area (Å²) in [6, 6.07) is 6.71. The second-order valence-corrected chi connectivity index (χ2v) is 3.55. The van der Waals surface area contributed by atoms with E-state index >= 15 is 0 Å². The molecule has 0 bridgehead atoms. The van der Waals surface area contributed by atoms with Gasteiger partial charge in [-0.15, -0.1) is 0 Å². The number of aromatic carboxylic acids is 1. The molecule has 0 amide bonds. The lowest BCUT2D eigenvalue weighted by atomic mass is 10.3. The van der Waals surface area contributed by atoms with Gasteiger partial charge in [-0.1, -0.05) is 6.07 Å². The Balaban J connectivity index is 2.37. The molecule has 0 aliphatic carbocycles. The van der Waals surface area contributed by atoms with Crippen molar-refractivity contribution in [2.45, 2.75) is 6.54 Å². The Hall–Kier alpha value is -2.70. The van der Waals surface area contributed by atoms with E-state index in [0.717, 1.165) is 16.8 Å². The Morgan fingerprint density at radius 3 is 2.78 bits per heavy atom. The number of aromatic amines is 1. The van der Waals surface area contributed by atoms with Gasteiger partial charge in [-0.2, -0.15) is 0 Å². The highest BCUT2D eigenvalue weighted by Crippen LogP contribution is 2.00. The zero-order chi connectivity index (χ0) is 13.1. The number of carbonyl (C=O) groups is 1. The minimum atomic E-state index is -1.15. The van der Waals surface area contributed by atoms with Gasteiger partial charge in [-0.05, 0) is 12.1 Å². The van der Waals surface area contributed by atoms with Crippen molar-refractivity contribution in [1.82, 2.24) is 14.8 Å². The summed E-state index contributed by atoms with van der Waals surface area (Å²) in [6.07, 6.45) is 0. The minimum Gasteiger partial charge on any atom is -0.477 e. The van der Waals surface area contributed by atoms with Crippen LogP contribution in [0.5, 0.6) is 0 Å². The monoisotopic (exact) mass is 247 g/mol. The highest BCUT2D eigenvalue weighted by molar-refractivity contribution is 5.85. The number of aromatic nitrogens is 3. The minimum absolute atomic E-state index is 0.00995. The standard InChI is InChI=1S/C11H9N3O4/c15-9-4-5-10(16)14(13-9)6-7-2-1-3-8(12-7)11(17)18/h1-5H,6H2,(H,13,15)(H,17,18). The van der Waals surface area contributed by atoms with E-state index in [2.05, 4.69) is 10.1 Å². The van der Waals surface area contributed by atoms with Crippen LogP contribution < -0.4 is 11.1 Å². The number of carboxylic acid groups (broad SMARTS) is 1. The van der Waals surface area contributed by atoms with Crippen LogP contribution in [0.15, 0.2) is 39.9 Å². The van der Waals surface area contributed by atoms with E-state index in [-0.39, 0.29) is 12.2 Å². The van der Waals surface area contributed by atoms with Crippen molar-refractivity contribution < 1.29 is 9.90 Å². The van der Waals surface area contributed by atoms with Crippen molar-refractivity contribution in [3.63, 3.8) is 0 Å². The van der Waals surface area contributed by atoms with Gasteiger partial charge in [0.05, 0.1) is 12.2 Å². The predicted octanol–water partition coefficient (Wildman–Crippen LogP) is -0.322. The molecular formula is C11H9N3O4. The van der Waals surface area contributed by atoms with E-state index in [4.69, 9.17) is 5.11 Å². The third-order valence-corrected chi connectivity index (χ3v) is 2.23. The third kappa shape index (κ3) is 2.51. The van der Waals surface area contributed by atoms with E-state index in [0.29, 0.717) is 5.69 Å². The van der Waals surface area contributed by atoms with E-state index in [1.165, 1.54) is 12.1 Å². The van der Waals surface area contributed by atoms with Crippen molar-refractivity contribution in [3.05, 3.63) is 62.4 Å². The molecule has 2 aromatic rings. The Kier molecular flexibility index (Phi) is 3.05. The first-order valence-corrected chi connectivity index (χ1v) is 5.05. The van der Waals surface area contributed by atoms with Gasteiger partial charge in [-0.25, -0.2) is 14.5 Å². The molecule has 2 N–H and O–H groups in total. The molecule has 0 saturated heterocycles. The fraction of sp³-hybridized carbons (Fsp3) is 0.0909.